The first kappa shape index (κ1) is 18.5. The molecule has 28 heavy (non-hydrogen) atoms. The molecule has 0 saturated carbocycles. The van der Waals surface area contributed by atoms with E-state index < -0.39 is 0 Å². The van der Waals surface area contributed by atoms with Crippen LogP contribution in [-0.2, 0) is 17.4 Å². The first-order chi connectivity index (χ1) is 13.2. The van der Waals surface area contributed by atoms with E-state index in [0.717, 1.165) is 23.1 Å². The zero-order chi connectivity index (χ0) is 19.9. The lowest BCUT2D eigenvalue weighted by Gasteiger charge is -2.22. The van der Waals surface area contributed by atoms with Gasteiger partial charge in [0.05, 0.1) is 27.4 Å². The molecule has 4 aromatic heterocycles. The van der Waals surface area contributed by atoms with Crippen LogP contribution in [0.4, 0.5) is 0 Å². The first-order valence-corrected chi connectivity index (χ1v) is 9.73. The molecule has 0 fully saturated rings. The molecule has 0 N–H and O–H groups in total. The molecule has 4 aromatic rings. The lowest BCUT2D eigenvalue weighted by atomic mass is 9.85. The predicted octanol–water partition coefficient (Wildman–Crippen LogP) is 4.74. The van der Waals surface area contributed by atoms with Crippen molar-refractivity contribution >= 4 is 21.9 Å². The molecule has 0 unspecified atom stereocenters. The number of rotatable bonds is 3. The topological polar surface area (TPSA) is 42.5 Å². The molecule has 0 saturated heterocycles. The van der Waals surface area contributed by atoms with Crippen LogP contribution >= 0.6 is 0 Å². The van der Waals surface area contributed by atoms with Crippen molar-refractivity contribution in [2.45, 2.75) is 52.0 Å². The Kier molecular flexibility index (Phi) is 4.37. The average molecular weight is 372 g/mol. The number of pyridine rings is 4. The van der Waals surface area contributed by atoms with Gasteiger partial charge in [0.1, 0.15) is 0 Å². The van der Waals surface area contributed by atoms with E-state index in [-0.39, 0.29) is 10.8 Å². The second-order valence-corrected chi connectivity index (χ2v) is 9.22. The molecular formula is C24H27N4+. The van der Waals surface area contributed by atoms with Gasteiger partial charge in [0.15, 0.2) is 18.9 Å². The van der Waals surface area contributed by atoms with Crippen LogP contribution < -0.4 is 4.57 Å². The average Bonchev–Trinajstić information content (AvgIpc) is 2.66. The number of fused-ring (bicyclic) bond motifs is 2. The SMILES string of the molecule is CC(C)(C)c1cnc2cc[n+](CC(C)(C)c3cnc4cccnc4c3)cc2c1. The second-order valence-electron chi connectivity index (χ2n) is 9.22. The predicted molar refractivity (Wildman–Crippen MR) is 113 cm³/mol. The van der Waals surface area contributed by atoms with Gasteiger partial charge in [0, 0.05) is 24.7 Å². The Hall–Kier alpha value is -2.88. The number of aromatic nitrogens is 4. The van der Waals surface area contributed by atoms with Crippen LogP contribution in [0.1, 0.15) is 45.7 Å². The maximum Gasteiger partial charge on any atom is 0.178 e. The molecule has 0 amide bonds. The van der Waals surface area contributed by atoms with Crippen LogP contribution in [0.15, 0.2) is 61.3 Å². The van der Waals surface area contributed by atoms with Crippen molar-refractivity contribution in [1.82, 2.24) is 15.0 Å². The van der Waals surface area contributed by atoms with Crippen molar-refractivity contribution in [3.8, 4) is 0 Å². The number of hydrogen-bond donors (Lipinski definition) is 0. The Morgan fingerprint density at radius 2 is 1.57 bits per heavy atom. The van der Waals surface area contributed by atoms with E-state index in [0.29, 0.717) is 0 Å². The van der Waals surface area contributed by atoms with Gasteiger partial charge in [-0.15, -0.1) is 0 Å². The van der Waals surface area contributed by atoms with Gasteiger partial charge in [-0.1, -0.05) is 20.8 Å². The summed E-state index contributed by atoms with van der Waals surface area (Å²) in [6.45, 7) is 12.0. The summed E-state index contributed by atoms with van der Waals surface area (Å²) in [5, 5.41) is 1.17. The maximum atomic E-state index is 4.65. The Morgan fingerprint density at radius 3 is 2.36 bits per heavy atom. The Balaban J connectivity index is 1.68. The highest BCUT2D eigenvalue weighted by molar-refractivity contribution is 5.77. The highest BCUT2D eigenvalue weighted by Crippen LogP contribution is 2.26. The normalized spacial score (nSPS) is 12.6. The molecule has 4 heterocycles. The Labute approximate surface area is 166 Å². The monoisotopic (exact) mass is 371 g/mol. The molecule has 4 heteroatoms. The van der Waals surface area contributed by atoms with E-state index in [1.54, 1.807) is 0 Å². The van der Waals surface area contributed by atoms with E-state index >= 15 is 0 Å². The van der Waals surface area contributed by atoms with E-state index in [9.17, 15) is 0 Å². The number of hydrogen-bond acceptors (Lipinski definition) is 3. The Bertz CT molecular complexity index is 1160. The van der Waals surface area contributed by atoms with Gasteiger partial charge in [-0.25, -0.2) is 4.57 Å². The van der Waals surface area contributed by atoms with Crippen LogP contribution in [0.25, 0.3) is 21.9 Å². The maximum absolute atomic E-state index is 4.65. The summed E-state index contributed by atoms with van der Waals surface area (Å²) in [6, 6.07) is 10.4. The van der Waals surface area contributed by atoms with Gasteiger partial charge in [0.25, 0.3) is 0 Å². The highest BCUT2D eigenvalue weighted by Gasteiger charge is 2.27. The molecule has 0 radical (unpaired) electrons. The summed E-state index contributed by atoms with van der Waals surface area (Å²) in [5.74, 6) is 0. The van der Waals surface area contributed by atoms with Crippen LogP contribution in [0, 0.1) is 0 Å². The third kappa shape index (κ3) is 3.59. The van der Waals surface area contributed by atoms with E-state index in [4.69, 9.17) is 0 Å². The third-order valence-corrected chi connectivity index (χ3v) is 5.35. The smallest absolute Gasteiger partial charge is 0.178 e. The third-order valence-electron chi connectivity index (χ3n) is 5.35. The van der Waals surface area contributed by atoms with E-state index in [2.05, 4.69) is 84.7 Å². The standard InChI is InChI=1S/C24H27N4/c1-23(2,3)18-11-17-15-28(10-8-20(17)26-13-18)16-24(4,5)19-12-22-21(27-14-19)7-6-9-25-22/h6-15H,16H2,1-5H3/q+1. The minimum absolute atomic E-state index is 0.0773. The molecule has 0 aliphatic rings. The van der Waals surface area contributed by atoms with Crippen molar-refractivity contribution in [3.63, 3.8) is 0 Å². The fourth-order valence-electron chi connectivity index (χ4n) is 3.50. The summed E-state index contributed by atoms with van der Waals surface area (Å²) < 4.78 is 2.25. The largest absolute Gasteiger partial charge is 0.255 e. The molecule has 0 aromatic carbocycles. The molecule has 142 valence electrons. The minimum Gasteiger partial charge on any atom is -0.255 e. The summed E-state index contributed by atoms with van der Waals surface area (Å²) in [5.41, 5.74) is 5.35. The lowest BCUT2D eigenvalue weighted by Crippen LogP contribution is -2.42. The fraction of sp³-hybridized carbons (Fsp3) is 0.333. The minimum atomic E-state index is -0.0773. The van der Waals surface area contributed by atoms with E-state index in [1.165, 1.54) is 16.5 Å². The summed E-state index contributed by atoms with van der Waals surface area (Å²) in [4.78, 5) is 13.7. The van der Waals surface area contributed by atoms with Gasteiger partial charge in [0.2, 0.25) is 0 Å². The van der Waals surface area contributed by atoms with E-state index in [1.807, 2.05) is 30.7 Å². The van der Waals surface area contributed by atoms with Gasteiger partial charge >= 0.3 is 0 Å². The second kappa shape index (κ2) is 6.62. The highest BCUT2D eigenvalue weighted by atomic mass is 14.9. The van der Waals surface area contributed by atoms with Crippen molar-refractivity contribution in [3.05, 3.63) is 72.4 Å². The molecule has 4 rings (SSSR count). The first-order valence-electron chi connectivity index (χ1n) is 9.73. The lowest BCUT2D eigenvalue weighted by molar-refractivity contribution is -0.703. The summed E-state index contributed by atoms with van der Waals surface area (Å²) >= 11 is 0. The molecule has 0 aliphatic heterocycles. The Morgan fingerprint density at radius 1 is 0.821 bits per heavy atom. The zero-order valence-corrected chi connectivity index (χ0v) is 17.3. The van der Waals surface area contributed by atoms with Crippen molar-refractivity contribution in [2.24, 2.45) is 0 Å². The van der Waals surface area contributed by atoms with Gasteiger partial charge in [-0.3, -0.25) is 15.0 Å². The summed E-state index contributed by atoms with van der Waals surface area (Å²) in [7, 11) is 0. The van der Waals surface area contributed by atoms with Crippen LogP contribution in [0.3, 0.4) is 0 Å². The fourth-order valence-corrected chi connectivity index (χ4v) is 3.50. The molecule has 0 atom stereocenters. The summed E-state index contributed by atoms with van der Waals surface area (Å²) in [6.07, 6.45) is 10.1. The van der Waals surface area contributed by atoms with Crippen molar-refractivity contribution < 1.29 is 4.57 Å². The molecule has 0 bridgehead atoms. The van der Waals surface area contributed by atoms with Gasteiger partial charge < -0.3 is 0 Å². The van der Waals surface area contributed by atoms with Gasteiger partial charge in [-0.2, -0.15) is 0 Å². The van der Waals surface area contributed by atoms with Crippen molar-refractivity contribution in [2.75, 3.05) is 0 Å². The zero-order valence-electron chi connectivity index (χ0n) is 17.3. The molecular weight excluding hydrogens is 344 g/mol. The van der Waals surface area contributed by atoms with Crippen molar-refractivity contribution in [1.29, 1.82) is 0 Å². The molecule has 4 nitrogen and oxygen atoms in total. The van der Waals surface area contributed by atoms with Gasteiger partial charge in [-0.05, 0) is 54.7 Å². The van der Waals surface area contributed by atoms with Crippen LogP contribution in [0.5, 0.6) is 0 Å². The molecule has 0 aliphatic carbocycles. The van der Waals surface area contributed by atoms with Crippen LogP contribution in [0.2, 0.25) is 0 Å². The van der Waals surface area contributed by atoms with Crippen LogP contribution in [-0.4, -0.2) is 15.0 Å². The molecule has 0 spiro atoms. The number of nitrogens with zero attached hydrogens (tertiary/aromatic N) is 4. The quantitative estimate of drug-likeness (QED) is 0.489.